The summed E-state index contributed by atoms with van der Waals surface area (Å²) in [5.41, 5.74) is 0.117. The fourth-order valence-electron chi connectivity index (χ4n) is 1.01. The monoisotopic (exact) mass is 198 g/mol. The molecule has 0 spiro atoms. The Bertz CT molecular complexity index is 304. The van der Waals surface area contributed by atoms with Crippen molar-refractivity contribution in [1.82, 2.24) is 0 Å². The van der Waals surface area contributed by atoms with Crippen molar-refractivity contribution in [1.29, 1.82) is 0 Å². The molecule has 0 atom stereocenters. The van der Waals surface area contributed by atoms with Gasteiger partial charge in [-0.2, -0.15) is 0 Å². The number of ether oxygens (including phenoxy) is 1. The van der Waals surface area contributed by atoms with Gasteiger partial charge in [0, 0.05) is 0 Å². The molecule has 1 aromatic rings. The lowest BCUT2D eigenvalue weighted by Gasteiger charge is -2.06. The number of hydrogen-bond acceptors (Lipinski definition) is 3. The highest BCUT2D eigenvalue weighted by molar-refractivity contribution is 6.58. The quantitative estimate of drug-likeness (QED) is 0.683. The van der Waals surface area contributed by atoms with E-state index in [1.54, 1.807) is 0 Å². The van der Waals surface area contributed by atoms with Gasteiger partial charge in [-0.1, -0.05) is 13.0 Å². The summed E-state index contributed by atoms with van der Waals surface area (Å²) in [6.45, 7) is 2.36. The first kappa shape index (κ1) is 11.0. The molecule has 0 amide bonds. The van der Waals surface area contributed by atoms with Gasteiger partial charge < -0.3 is 14.8 Å². The highest BCUT2D eigenvalue weighted by Crippen LogP contribution is 2.14. The van der Waals surface area contributed by atoms with Gasteiger partial charge in [-0.3, -0.25) is 0 Å². The first-order valence-corrected chi connectivity index (χ1v) is 4.43. The zero-order valence-corrected chi connectivity index (χ0v) is 7.90. The van der Waals surface area contributed by atoms with E-state index < -0.39 is 12.9 Å². The lowest BCUT2D eigenvalue weighted by molar-refractivity contribution is 0.301. The smallest absolute Gasteiger partial charge is 0.488 e. The van der Waals surface area contributed by atoms with E-state index in [1.807, 2.05) is 6.92 Å². The Morgan fingerprint density at radius 2 is 2.14 bits per heavy atom. The average Bonchev–Trinajstić information content (AvgIpc) is 2.15. The first-order valence-electron chi connectivity index (χ1n) is 4.43. The Balaban J connectivity index is 2.79. The van der Waals surface area contributed by atoms with Crippen molar-refractivity contribution in [2.45, 2.75) is 13.3 Å². The van der Waals surface area contributed by atoms with Crippen LogP contribution >= 0.6 is 0 Å². The Morgan fingerprint density at radius 3 is 2.64 bits per heavy atom. The van der Waals surface area contributed by atoms with Gasteiger partial charge in [-0.15, -0.1) is 0 Å². The molecule has 3 nitrogen and oxygen atoms in total. The second-order valence-electron chi connectivity index (χ2n) is 2.91. The second-order valence-corrected chi connectivity index (χ2v) is 2.91. The predicted molar refractivity (Wildman–Crippen MR) is 52.0 cm³/mol. The zero-order valence-electron chi connectivity index (χ0n) is 7.90. The largest absolute Gasteiger partial charge is 0.491 e. The van der Waals surface area contributed by atoms with Gasteiger partial charge in [-0.25, -0.2) is 4.39 Å². The molecule has 1 aromatic carbocycles. The third-order valence-corrected chi connectivity index (χ3v) is 1.72. The number of halogens is 1. The first-order chi connectivity index (χ1) is 6.65. The third kappa shape index (κ3) is 2.72. The minimum atomic E-state index is -1.65. The standard InChI is InChI=1S/C9H12BFO3/c1-2-5-14-9-4-3-7(10(12)13)6-8(9)11/h3-4,6,12-13H,2,5H2,1H3. The molecular formula is C9H12BFO3. The minimum absolute atomic E-state index is 0.117. The molecule has 0 aliphatic heterocycles. The average molecular weight is 198 g/mol. The van der Waals surface area contributed by atoms with Gasteiger partial charge in [0.2, 0.25) is 0 Å². The number of rotatable bonds is 4. The molecule has 0 radical (unpaired) electrons. The molecule has 1 rings (SSSR count). The van der Waals surface area contributed by atoms with Crippen LogP contribution in [0.1, 0.15) is 13.3 Å². The highest BCUT2D eigenvalue weighted by atomic mass is 19.1. The van der Waals surface area contributed by atoms with Crippen molar-refractivity contribution in [2.75, 3.05) is 6.61 Å². The predicted octanol–water partition coefficient (Wildman–Crippen LogP) is 0.294. The van der Waals surface area contributed by atoms with Crippen LogP contribution in [0.25, 0.3) is 0 Å². The third-order valence-electron chi connectivity index (χ3n) is 1.72. The summed E-state index contributed by atoms with van der Waals surface area (Å²) in [6.07, 6.45) is 0.795. The molecule has 0 saturated heterocycles. The Labute approximate surface area is 82.3 Å². The van der Waals surface area contributed by atoms with Crippen molar-refractivity contribution in [2.24, 2.45) is 0 Å². The Morgan fingerprint density at radius 1 is 1.43 bits per heavy atom. The maximum absolute atomic E-state index is 13.2. The SMILES string of the molecule is CCCOc1ccc(B(O)O)cc1F. The van der Waals surface area contributed by atoms with Crippen molar-refractivity contribution in [3.8, 4) is 5.75 Å². The van der Waals surface area contributed by atoms with Gasteiger partial charge in [-0.05, 0) is 24.0 Å². The van der Waals surface area contributed by atoms with E-state index in [-0.39, 0.29) is 11.2 Å². The Kier molecular flexibility index (Phi) is 3.91. The van der Waals surface area contributed by atoms with Crippen LogP contribution in [0, 0.1) is 5.82 Å². The molecule has 0 aliphatic carbocycles. The fourth-order valence-corrected chi connectivity index (χ4v) is 1.01. The van der Waals surface area contributed by atoms with Crippen LogP contribution < -0.4 is 10.2 Å². The molecule has 5 heteroatoms. The van der Waals surface area contributed by atoms with Crippen LogP contribution in [-0.4, -0.2) is 23.8 Å². The van der Waals surface area contributed by atoms with Gasteiger partial charge in [0.1, 0.15) is 0 Å². The summed E-state index contributed by atoms with van der Waals surface area (Å²) in [5, 5.41) is 17.5. The molecule has 14 heavy (non-hydrogen) atoms. The lowest BCUT2D eigenvalue weighted by Crippen LogP contribution is -2.29. The van der Waals surface area contributed by atoms with E-state index in [0.29, 0.717) is 6.61 Å². The van der Waals surface area contributed by atoms with E-state index in [0.717, 1.165) is 12.5 Å². The topological polar surface area (TPSA) is 49.7 Å². The summed E-state index contributed by atoms with van der Waals surface area (Å²) < 4.78 is 18.3. The lowest BCUT2D eigenvalue weighted by atomic mass is 9.80. The number of benzene rings is 1. The van der Waals surface area contributed by atoms with Gasteiger partial charge in [0.05, 0.1) is 6.61 Å². The van der Waals surface area contributed by atoms with E-state index in [1.165, 1.54) is 12.1 Å². The molecule has 0 aromatic heterocycles. The van der Waals surface area contributed by atoms with Crippen molar-refractivity contribution in [3.63, 3.8) is 0 Å². The molecule has 0 heterocycles. The van der Waals surface area contributed by atoms with Gasteiger partial charge >= 0.3 is 7.12 Å². The van der Waals surface area contributed by atoms with Crippen molar-refractivity contribution in [3.05, 3.63) is 24.0 Å². The van der Waals surface area contributed by atoms with E-state index in [9.17, 15) is 4.39 Å². The second kappa shape index (κ2) is 4.98. The molecule has 2 N–H and O–H groups in total. The van der Waals surface area contributed by atoms with Crippen molar-refractivity contribution < 1.29 is 19.2 Å². The maximum atomic E-state index is 13.2. The van der Waals surface area contributed by atoms with Crippen molar-refractivity contribution >= 4 is 12.6 Å². The highest BCUT2D eigenvalue weighted by Gasteiger charge is 2.13. The molecule has 0 aliphatic rings. The van der Waals surface area contributed by atoms with Crippen LogP contribution in [0.15, 0.2) is 18.2 Å². The van der Waals surface area contributed by atoms with E-state index in [4.69, 9.17) is 14.8 Å². The summed E-state index contributed by atoms with van der Waals surface area (Å²) in [6, 6.07) is 3.86. The van der Waals surface area contributed by atoms with E-state index in [2.05, 4.69) is 0 Å². The molecule has 0 bridgehead atoms. The zero-order chi connectivity index (χ0) is 10.6. The summed E-state index contributed by atoms with van der Waals surface area (Å²) in [4.78, 5) is 0. The summed E-state index contributed by atoms with van der Waals surface area (Å²) >= 11 is 0. The normalized spacial score (nSPS) is 10.0. The summed E-state index contributed by atoms with van der Waals surface area (Å²) in [5.74, 6) is -0.444. The molecule has 76 valence electrons. The molecule has 0 fully saturated rings. The van der Waals surface area contributed by atoms with Crippen LogP contribution in [0.3, 0.4) is 0 Å². The number of hydrogen-bond donors (Lipinski definition) is 2. The molecule has 0 unspecified atom stereocenters. The van der Waals surface area contributed by atoms with Crippen LogP contribution in [-0.2, 0) is 0 Å². The minimum Gasteiger partial charge on any atom is -0.491 e. The van der Waals surface area contributed by atoms with Crippen LogP contribution in [0.5, 0.6) is 5.75 Å². The fraction of sp³-hybridized carbons (Fsp3) is 0.333. The summed E-state index contributed by atoms with van der Waals surface area (Å²) in [7, 11) is -1.65. The maximum Gasteiger partial charge on any atom is 0.488 e. The van der Waals surface area contributed by atoms with E-state index >= 15 is 0 Å². The van der Waals surface area contributed by atoms with Gasteiger partial charge in [0.15, 0.2) is 11.6 Å². The molecular weight excluding hydrogens is 186 g/mol. The van der Waals surface area contributed by atoms with Crippen LogP contribution in [0.2, 0.25) is 0 Å². The molecule has 0 saturated carbocycles. The van der Waals surface area contributed by atoms with Crippen LogP contribution in [0.4, 0.5) is 4.39 Å². The van der Waals surface area contributed by atoms with Gasteiger partial charge in [0.25, 0.3) is 0 Å². The Hall–Kier alpha value is -1.07.